The van der Waals surface area contributed by atoms with E-state index in [1.807, 2.05) is 0 Å². The number of nitrogens with zero attached hydrogens (tertiary/aromatic N) is 1. The summed E-state index contributed by atoms with van der Waals surface area (Å²) < 4.78 is 60.0. The van der Waals surface area contributed by atoms with Gasteiger partial charge in [-0.25, -0.2) is 4.98 Å². The normalized spacial score (nSPS) is 17.9. The van der Waals surface area contributed by atoms with Gasteiger partial charge in [0.05, 0.1) is 24.7 Å². The van der Waals surface area contributed by atoms with E-state index in [-0.39, 0.29) is 35.3 Å². The number of carbonyl (C=O) groups is 1. The Morgan fingerprint density at radius 3 is 2.68 bits per heavy atom. The van der Waals surface area contributed by atoms with Crippen molar-refractivity contribution in [3.05, 3.63) is 46.6 Å². The van der Waals surface area contributed by atoms with Crippen LogP contribution < -0.4 is 9.47 Å². The van der Waals surface area contributed by atoms with Crippen LogP contribution in [-0.2, 0) is 20.4 Å². The smallest absolute Gasteiger partial charge is 0.417 e. The molecule has 10 heteroatoms. The van der Waals surface area contributed by atoms with Crippen LogP contribution in [0.4, 0.5) is 13.2 Å². The highest BCUT2D eigenvalue weighted by molar-refractivity contribution is 6.31. The molecule has 0 unspecified atom stereocenters. The zero-order chi connectivity index (χ0) is 22.6. The molecule has 168 valence electrons. The zero-order valence-electron chi connectivity index (χ0n) is 16.9. The number of hydrogen-bond acceptors (Lipinski definition) is 6. The van der Waals surface area contributed by atoms with Gasteiger partial charge >= 0.3 is 12.1 Å². The highest BCUT2D eigenvalue weighted by Gasteiger charge is 2.46. The monoisotopic (exact) mass is 459 g/mol. The van der Waals surface area contributed by atoms with Crippen LogP contribution in [0.2, 0.25) is 5.02 Å². The van der Waals surface area contributed by atoms with Gasteiger partial charge in [-0.15, -0.1) is 0 Å². The molecule has 6 nitrogen and oxygen atoms in total. The minimum atomic E-state index is -4.57. The summed E-state index contributed by atoms with van der Waals surface area (Å²) in [5, 5.41) is -0.288. The van der Waals surface area contributed by atoms with E-state index in [1.165, 1.54) is 0 Å². The molecule has 2 atom stereocenters. The van der Waals surface area contributed by atoms with Crippen LogP contribution in [-0.4, -0.2) is 37.9 Å². The van der Waals surface area contributed by atoms with E-state index < -0.39 is 11.7 Å². The van der Waals surface area contributed by atoms with E-state index >= 15 is 0 Å². The summed E-state index contributed by atoms with van der Waals surface area (Å²) in [6, 6.07) is 5.81. The van der Waals surface area contributed by atoms with E-state index in [1.54, 1.807) is 32.2 Å². The standard InChI is InChI=1S/C21H21ClF3NO5/c1-3-29-20(27)16-10-15(16)14-5-4-13(30-7-6-28-2)9-18(14)31-19-17(22)8-12(11-26-19)21(23,24)25/h4-5,8-9,11,15-16H,3,6-7,10H2,1-2H3/t15-,16+/m0/s1. The van der Waals surface area contributed by atoms with Gasteiger partial charge in [-0.3, -0.25) is 4.79 Å². The van der Waals surface area contributed by atoms with Crippen molar-refractivity contribution in [2.45, 2.75) is 25.4 Å². The molecule has 1 aromatic heterocycles. The Hall–Kier alpha value is -2.52. The van der Waals surface area contributed by atoms with Crippen LogP contribution in [0.3, 0.4) is 0 Å². The van der Waals surface area contributed by atoms with Gasteiger partial charge in [0.15, 0.2) is 0 Å². The Labute approximate surface area is 182 Å². The summed E-state index contributed by atoms with van der Waals surface area (Å²) in [5.41, 5.74) is -0.291. The third kappa shape index (κ3) is 5.80. The molecule has 0 amide bonds. The molecule has 0 saturated heterocycles. The van der Waals surface area contributed by atoms with Crippen molar-refractivity contribution in [3.8, 4) is 17.4 Å². The van der Waals surface area contributed by atoms with E-state index in [4.69, 9.17) is 30.5 Å². The van der Waals surface area contributed by atoms with Crippen molar-refractivity contribution in [1.82, 2.24) is 4.98 Å². The topological polar surface area (TPSA) is 66.9 Å². The molecule has 1 saturated carbocycles. The van der Waals surface area contributed by atoms with Crippen molar-refractivity contribution >= 4 is 17.6 Å². The van der Waals surface area contributed by atoms with Crippen molar-refractivity contribution in [3.63, 3.8) is 0 Å². The first kappa shape index (κ1) is 23.1. The Balaban J connectivity index is 1.87. The summed E-state index contributed by atoms with van der Waals surface area (Å²) in [5.74, 6) is -0.176. The third-order valence-electron chi connectivity index (χ3n) is 4.66. The number of pyridine rings is 1. The lowest BCUT2D eigenvalue weighted by Gasteiger charge is -2.15. The van der Waals surface area contributed by atoms with Crippen LogP contribution >= 0.6 is 11.6 Å². The number of esters is 1. The van der Waals surface area contributed by atoms with Gasteiger partial charge in [-0.2, -0.15) is 13.2 Å². The Kier molecular flexibility index (Phi) is 7.27. The van der Waals surface area contributed by atoms with E-state index in [9.17, 15) is 18.0 Å². The minimum Gasteiger partial charge on any atom is -0.491 e. The van der Waals surface area contributed by atoms with Gasteiger partial charge in [-0.05, 0) is 31.0 Å². The van der Waals surface area contributed by atoms with Gasteiger partial charge in [0.2, 0.25) is 5.88 Å². The fourth-order valence-corrected chi connectivity index (χ4v) is 3.26. The van der Waals surface area contributed by atoms with E-state index in [2.05, 4.69) is 4.98 Å². The van der Waals surface area contributed by atoms with Gasteiger partial charge in [0, 0.05) is 25.3 Å². The molecule has 1 aliphatic carbocycles. The summed E-state index contributed by atoms with van der Waals surface area (Å²) in [6.45, 7) is 2.68. The number of benzene rings is 1. The predicted octanol–water partition coefficient (Wildman–Crippen LogP) is 5.24. The van der Waals surface area contributed by atoms with E-state index in [0.717, 1.165) is 6.07 Å². The minimum absolute atomic E-state index is 0.143. The number of hydrogen-bond donors (Lipinski definition) is 0. The molecule has 2 aromatic rings. The fourth-order valence-electron chi connectivity index (χ4n) is 3.05. The number of carbonyl (C=O) groups excluding carboxylic acids is 1. The third-order valence-corrected chi connectivity index (χ3v) is 4.93. The molecule has 31 heavy (non-hydrogen) atoms. The van der Waals surface area contributed by atoms with Gasteiger partial charge in [0.1, 0.15) is 23.1 Å². The molecule has 3 rings (SSSR count). The molecule has 1 aliphatic rings. The molecular weight excluding hydrogens is 439 g/mol. The van der Waals surface area contributed by atoms with Crippen molar-refractivity contribution in [2.75, 3.05) is 26.9 Å². The first-order chi connectivity index (χ1) is 14.7. The SMILES string of the molecule is CCOC(=O)[C@@H]1C[C@H]1c1ccc(OCCOC)cc1Oc1ncc(C(F)(F)F)cc1Cl. The van der Waals surface area contributed by atoms with Gasteiger partial charge in [-0.1, -0.05) is 17.7 Å². The van der Waals surface area contributed by atoms with Crippen molar-refractivity contribution < 1.29 is 36.9 Å². The number of alkyl halides is 3. The Bertz CT molecular complexity index is 938. The summed E-state index contributed by atoms with van der Waals surface area (Å²) in [4.78, 5) is 15.8. The fraction of sp³-hybridized carbons (Fsp3) is 0.429. The molecular formula is C21H21ClF3NO5. The Morgan fingerprint density at radius 2 is 2.03 bits per heavy atom. The molecule has 1 fully saturated rings. The molecule has 0 radical (unpaired) electrons. The van der Waals surface area contributed by atoms with Crippen LogP contribution in [0.5, 0.6) is 17.4 Å². The maximum absolute atomic E-state index is 12.9. The van der Waals surface area contributed by atoms with Gasteiger partial charge in [0.25, 0.3) is 0 Å². The number of aromatic nitrogens is 1. The highest BCUT2D eigenvalue weighted by atomic mass is 35.5. The van der Waals surface area contributed by atoms with Crippen LogP contribution in [0.1, 0.15) is 30.4 Å². The first-order valence-electron chi connectivity index (χ1n) is 9.57. The molecule has 1 heterocycles. The summed E-state index contributed by atoms with van der Waals surface area (Å²) in [7, 11) is 1.54. The maximum Gasteiger partial charge on any atom is 0.417 e. The Morgan fingerprint density at radius 1 is 1.26 bits per heavy atom. The zero-order valence-corrected chi connectivity index (χ0v) is 17.6. The first-order valence-corrected chi connectivity index (χ1v) is 9.95. The number of rotatable bonds is 9. The summed E-state index contributed by atoms with van der Waals surface area (Å²) in [6.07, 6.45) is -3.35. The number of halogens is 4. The van der Waals surface area contributed by atoms with Crippen LogP contribution in [0.25, 0.3) is 0 Å². The average Bonchev–Trinajstić information content (AvgIpc) is 3.50. The second-order valence-corrected chi connectivity index (χ2v) is 7.26. The summed E-state index contributed by atoms with van der Waals surface area (Å²) >= 11 is 5.99. The number of methoxy groups -OCH3 is 1. The molecule has 0 spiro atoms. The molecule has 0 aliphatic heterocycles. The lowest BCUT2D eigenvalue weighted by Crippen LogP contribution is -2.08. The van der Waals surface area contributed by atoms with E-state index in [0.29, 0.717) is 42.9 Å². The largest absolute Gasteiger partial charge is 0.491 e. The molecule has 0 bridgehead atoms. The molecule has 1 aromatic carbocycles. The average molecular weight is 460 g/mol. The maximum atomic E-state index is 12.9. The predicted molar refractivity (Wildman–Crippen MR) is 106 cm³/mol. The van der Waals surface area contributed by atoms with Crippen molar-refractivity contribution in [1.29, 1.82) is 0 Å². The van der Waals surface area contributed by atoms with Crippen LogP contribution in [0, 0.1) is 5.92 Å². The quantitative estimate of drug-likeness (QED) is 0.377. The second-order valence-electron chi connectivity index (χ2n) is 6.85. The van der Waals surface area contributed by atoms with Crippen molar-refractivity contribution in [2.24, 2.45) is 5.92 Å². The second kappa shape index (κ2) is 9.74. The number of ether oxygens (including phenoxy) is 4. The lowest BCUT2D eigenvalue weighted by atomic mass is 10.1. The highest BCUT2D eigenvalue weighted by Crippen LogP contribution is 2.52. The van der Waals surface area contributed by atoms with Crippen LogP contribution in [0.15, 0.2) is 30.5 Å². The molecule has 0 N–H and O–H groups in total. The lowest BCUT2D eigenvalue weighted by molar-refractivity contribution is -0.144. The van der Waals surface area contributed by atoms with Gasteiger partial charge < -0.3 is 18.9 Å².